The molecule has 3 aromatic rings. The van der Waals surface area contributed by atoms with Crippen molar-refractivity contribution in [1.82, 2.24) is 15.1 Å². The number of aromatic nitrogens is 2. The first-order valence-corrected chi connectivity index (χ1v) is 7.80. The van der Waals surface area contributed by atoms with Crippen LogP contribution in [0, 0.1) is 12.7 Å². The van der Waals surface area contributed by atoms with E-state index >= 15 is 0 Å². The van der Waals surface area contributed by atoms with Gasteiger partial charge >= 0.3 is 0 Å². The fourth-order valence-corrected chi connectivity index (χ4v) is 2.46. The van der Waals surface area contributed by atoms with Crippen molar-refractivity contribution >= 4 is 5.91 Å². The van der Waals surface area contributed by atoms with Crippen molar-refractivity contribution in [3.8, 4) is 11.4 Å². The minimum Gasteiger partial charge on any atom is -0.497 e. The van der Waals surface area contributed by atoms with E-state index < -0.39 is 0 Å². The molecule has 3 rings (SSSR count). The largest absolute Gasteiger partial charge is 0.497 e. The van der Waals surface area contributed by atoms with Gasteiger partial charge in [0.2, 0.25) is 0 Å². The summed E-state index contributed by atoms with van der Waals surface area (Å²) in [5, 5.41) is 7.16. The Hall–Kier alpha value is -3.15. The van der Waals surface area contributed by atoms with E-state index in [0.717, 1.165) is 22.7 Å². The second kappa shape index (κ2) is 7.17. The van der Waals surface area contributed by atoms with Gasteiger partial charge in [0.25, 0.3) is 5.91 Å². The molecule has 1 N–H and O–H groups in total. The topological polar surface area (TPSA) is 56.2 Å². The highest BCUT2D eigenvalue weighted by Crippen LogP contribution is 2.18. The second-order valence-electron chi connectivity index (χ2n) is 5.59. The molecule has 0 aliphatic heterocycles. The predicted octanol–water partition coefficient (Wildman–Crippen LogP) is 3.26. The van der Waals surface area contributed by atoms with Crippen molar-refractivity contribution in [2.24, 2.45) is 0 Å². The summed E-state index contributed by atoms with van der Waals surface area (Å²) in [6.45, 7) is 2.19. The quantitative estimate of drug-likeness (QED) is 0.776. The number of ether oxygens (including phenoxy) is 1. The summed E-state index contributed by atoms with van der Waals surface area (Å²) >= 11 is 0. The summed E-state index contributed by atoms with van der Waals surface area (Å²) in [6, 6.07) is 15.2. The molecular weight excluding hydrogens is 321 g/mol. The van der Waals surface area contributed by atoms with Gasteiger partial charge in [0.15, 0.2) is 5.69 Å². The molecule has 1 amide bonds. The lowest BCUT2D eigenvalue weighted by atomic mass is 10.2. The molecule has 0 unspecified atom stereocenters. The first kappa shape index (κ1) is 16.7. The standard InChI is InChI=1S/C19H18FN3O2/c1-13-10-18(19(24)21-12-14-6-8-15(20)9-7-14)22-23(13)16-4-3-5-17(11-16)25-2/h3-11H,12H2,1-2H3,(H,21,24). The first-order chi connectivity index (χ1) is 12.1. The molecular formula is C19H18FN3O2. The third kappa shape index (κ3) is 3.85. The molecule has 0 bridgehead atoms. The predicted molar refractivity (Wildman–Crippen MR) is 92.4 cm³/mol. The molecule has 25 heavy (non-hydrogen) atoms. The maximum Gasteiger partial charge on any atom is 0.272 e. The van der Waals surface area contributed by atoms with Gasteiger partial charge in [0.1, 0.15) is 11.6 Å². The number of amides is 1. The van der Waals surface area contributed by atoms with Crippen LogP contribution in [0.3, 0.4) is 0 Å². The molecule has 0 radical (unpaired) electrons. The zero-order valence-corrected chi connectivity index (χ0v) is 14.0. The summed E-state index contributed by atoms with van der Waals surface area (Å²) in [7, 11) is 1.60. The van der Waals surface area contributed by atoms with E-state index in [1.165, 1.54) is 12.1 Å². The fraction of sp³-hybridized carbons (Fsp3) is 0.158. The van der Waals surface area contributed by atoms with Crippen molar-refractivity contribution in [2.45, 2.75) is 13.5 Å². The van der Waals surface area contributed by atoms with Crippen LogP contribution < -0.4 is 10.1 Å². The third-order valence-corrected chi connectivity index (χ3v) is 3.78. The number of hydrogen-bond acceptors (Lipinski definition) is 3. The lowest BCUT2D eigenvalue weighted by Crippen LogP contribution is -2.23. The lowest BCUT2D eigenvalue weighted by Gasteiger charge is -2.06. The van der Waals surface area contributed by atoms with E-state index in [2.05, 4.69) is 10.4 Å². The smallest absolute Gasteiger partial charge is 0.272 e. The summed E-state index contributed by atoms with van der Waals surface area (Å²) in [6.07, 6.45) is 0. The molecule has 0 atom stereocenters. The summed E-state index contributed by atoms with van der Waals surface area (Å²) in [5.74, 6) is 0.131. The minimum atomic E-state index is -0.303. The summed E-state index contributed by atoms with van der Waals surface area (Å²) in [5.41, 5.74) is 2.79. The molecule has 0 aliphatic carbocycles. The SMILES string of the molecule is COc1cccc(-n2nc(C(=O)NCc3ccc(F)cc3)cc2C)c1. The maximum absolute atomic E-state index is 12.9. The molecule has 2 aromatic carbocycles. The Balaban J connectivity index is 1.74. The number of hydrogen-bond donors (Lipinski definition) is 1. The monoisotopic (exact) mass is 339 g/mol. The van der Waals surface area contributed by atoms with Crippen molar-refractivity contribution in [3.63, 3.8) is 0 Å². The minimum absolute atomic E-state index is 0.283. The Bertz CT molecular complexity index is 888. The van der Waals surface area contributed by atoms with Gasteiger partial charge in [-0.1, -0.05) is 18.2 Å². The van der Waals surface area contributed by atoms with Gasteiger partial charge in [0, 0.05) is 18.3 Å². The Morgan fingerprint density at radius 3 is 2.68 bits per heavy atom. The molecule has 128 valence electrons. The average Bonchev–Trinajstić information content (AvgIpc) is 3.03. The molecule has 0 saturated heterocycles. The molecule has 0 spiro atoms. The molecule has 5 nitrogen and oxygen atoms in total. The van der Waals surface area contributed by atoms with Crippen molar-refractivity contribution in [1.29, 1.82) is 0 Å². The number of benzene rings is 2. The van der Waals surface area contributed by atoms with E-state index in [1.54, 1.807) is 30.0 Å². The van der Waals surface area contributed by atoms with Crippen LogP contribution in [0.4, 0.5) is 4.39 Å². The number of nitrogens with one attached hydrogen (secondary N) is 1. The number of carbonyl (C=O) groups is 1. The van der Waals surface area contributed by atoms with E-state index in [1.807, 2.05) is 31.2 Å². The van der Waals surface area contributed by atoms with Crippen molar-refractivity contribution < 1.29 is 13.9 Å². The van der Waals surface area contributed by atoms with Gasteiger partial charge in [-0.15, -0.1) is 0 Å². The number of nitrogens with zero attached hydrogens (tertiary/aromatic N) is 2. The van der Waals surface area contributed by atoms with Crippen molar-refractivity contribution in [2.75, 3.05) is 7.11 Å². The summed E-state index contributed by atoms with van der Waals surface area (Å²) in [4.78, 5) is 12.3. The first-order valence-electron chi connectivity index (χ1n) is 7.80. The molecule has 1 heterocycles. The Labute approximate surface area is 145 Å². The normalized spacial score (nSPS) is 10.5. The van der Waals surface area contributed by atoms with E-state index in [4.69, 9.17) is 4.74 Å². The van der Waals surface area contributed by atoms with Gasteiger partial charge < -0.3 is 10.1 Å². The highest BCUT2D eigenvalue weighted by Gasteiger charge is 2.13. The van der Waals surface area contributed by atoms with Crippen LogP contribution in [0.15, 0.2) is 54.6 Å². The Morgan fingerprint density at radius 2 is 1.96 bits per heavy atom. The Kier molecular flexibility index (Phi) is 4.79. The van der Waals surface area contributed by atoms with Crippen molar-refractivity contribution in [3.05, 3.63) is 77.4 Å². The zero-order valence-electron chi connectivity index (χ0n) is 14.0. The van der Waals surface area contributed by atoms with Crippen LogP contribution >= 0.6 is 0 Å². The summed E-state index contributed by atoms with van der Waals surface area (Å²) < 4.78 is 19.8. The van der Waals surface area contributed by atoms with Gasteiger partial charge in [-0.25, -0.2) is 9.07 Å². The van der Waals surface area contributed by atoms with Gasteiger partial charge in [0.05, 0.1) is 12.8 Å². The van der Waals surface area contributed by atoms with Crippen LogP contribution in [0.5, 0.6) is 5.75 Å². The van der Waals surface area contributed by atoms with Crippen LogP contribution in [-0.4, -0.2) is 22.8 Å². The van der Waals surface area contributed by atoms with Crippen LogP contribution in [0.1, 0.15) is 21.7 Å². The molecule has 6 heteroatoms. The number of methoxy groups -OCH3 is 1. The Morgan fingerprint density at radius 1 is 1.20 bits per heavy atom. The van der Waals surface area contributed by atoms with Gasteiger partial charge in [-0.05, 0) is 42.8 Å². The number of carbonyl (C=O) groups excluding carboxylic acids is 1. The number of aryl methyl sites for hydroxylation is 1. The lowest BCUT2D eigenvalue weighted by molar-refractivity contribution is 0.0945. The van der Waals surface area contributed by atoms with E-state index in [9.17, 15) is 9.18 Å². The highest BCUT2D eigenvalue weighted by molar-refractivity contribution is 5.92. The van der Waals surface area contributed by atoms with E-state index in [0.29, 0.717) is 12.2 Å². The molecule has 1 aromatic heterocycles. The second-order valence-corrected chi connectivity index (χ2v) is 5.59. The maximum atomic E-state index is 12.9. The fourth-order valence-electron chi connectivity index (χ4n) is 2.46. The van der Waals surface area contributed by atoms with Crippen LogP contribution in [0.25, 0.3) is 5.69 Å². The average molecular weight is 339 g/mol. The molecule has 0 fully saturated rings. The number of halogens is 1. The zero-order chi connectivity index (χ0) is 17.8. The number of rotatable bonds is 5. The molecule has 0 saturated carbocycles. The highest BCUT2D eigenvalue weighted by atomic mass is 19.1. The van der Waals surface area contributed by atoms with Crippen LogP contribution in [-0.2, 0) is 6.54 Å². The van der Waals surface area contributed by atoms with Gasteiger partial charge in [-0.2, -0.15) is 5.10 Å². The van der Waals surface area contributed by atoms with E-state index in [-0.39, 0.29) is 11.7 Å². The van der Waals surface area contributed by atoms with Gasteiger partial charge in [-0.3, -0.25) is 4.79 Å². The third-order valence-electron chi connectivity index (χ3n) is 3.78. The van der Waals surface area contributed by atoms with Crippen LogP contribution in [0.2, 0.25) is 0 Å². The molecule has 0 aliphatic rings.